The molecular weight excluding hydrogens is 244 g/mol. The third-order valence-electron chi connectivity index (χ3n) is 2.76. The number of aromatic nitrogens is 1. The Kier molecular flexibility index (Phi) is 3.56. The molecule has 19 heavy (non-hydrogen) atoms. The number of pyridine rings is 1. The molecule has 1 amide bonds. The third-order valence-corrected chi connectivity index (χ3v) is 2.76. The quantitative estimate of drug-likeness (QED) is 0.823. The highest BCUT2D eigenvalue weighted by Crippen LogP contribution is 2.22. The van der Waals surface area contributed by atoms with Crippen molar-refractivity contribution in [1.29, 1.82) is 0 Å². The number of benzene rings is 1. The van der Waals surface area contributed by atoms with E-state index in [9.17, 15) is 9.59 Å². The molecule has 1 aromatic carbocycles. The van der Waals surface area contributed by atoms with E-state index in [1.165, 1.54) is 0 Å². The van der Waals surface area contributed by atoms with Crippen molar-refractivity contribution in [3.05, 3.63) is 47.7 Å². The molecule has 0 aliphatic carbocycles. The average molecular weight is 256 g/mol. The van der Waals surface area contributed by atoms with Gasteiger partial charge in [0.25, 0.3) is 0 Å². The van der Waals surface area contributed by atoms with Crippen molar-refractivity contribution in [2.24, 2.45) is 0 Å². The molecule has 0 aliphatic rings. The Morgan fingerprint density at radius 2 is 2.00 bits per heavy atom. The maximum absolute atomic E-state index is 10.9. The van der Waals surface area contributed by atoms with Crippen LogP contribution in [0.5, 0.6) is 0 Å². The Bertz CT molecular complexity index is 621. The average Bonchev–Trinajstić information content (AvgIpc) is 2.39. The molecule has 0 aliphatic heterocycles. The van der Waals surface area contributed by atoms with Gasteiger partial charge in [0.15, 0.2) is 0 Å². The monoisotopic (exact) mass is 256 g/mol. The molecule has 0 unspecified atom stereocenters. The first-order valence-electron chi connectivity index (χ1n) is 5.62. The van der Waals surface area contributed by atoms with Gasteiger partial charge in [-0.25, -0.2) is 9.78 Å². The molecule has 1 aromatic heterocycles. The first-order chi connectivity index (χ1) is 9.11. The van der Waals surface area contributed by atoms with Crippen molar-refractivity contribution in [1.82, 2.24) is 4.98 Å². The van der Waals surface area contributed by atoms with Gasteiger partial charge in [-0.15, -0.1) is 0 Å². The molecule has 0 saturated carbocycles. The summed E-state index contributed by atoms with van der Waals surface area (Å²) in [5.74, 6) is -0.467. The number of nitrogens with one attached hydrogen (secondary N) is 1. The predicted octanol–water partition coefficient (Wildman–Crippen LogP) is 2.32. The fourth-order valence-corrected chi connectivity index (χ4v) is 1.79. The molecule has 2 rings (SSSR count). The molecular formula is C14H12N2O3. The molecule has 0 radical (unpaired) electrons. The Labute approximate surface area is 109 Å². The molecule has 0 fully saturated rings. The minimum absolute atomic E-state index is 0.288. The van der Waals surface area contributed by atoms with Crippen molar-refractivity contribution in [2.45, 2.75) is 6.92 Å². The lowest BCUT2D eigenvalue weighted by Gasteiger charge is -2.06. The van der Waals surface area contributed by atoms with Gasteiger partial charge in [0.2, 0.25) is 6.41 Å². The maximum Gasteiger partial charge on any atom is 0.335 e. The van der Waals surface area contributed by atoms with Crippen LogP contribution >= 0.6 is 0 Å². The zero-order valence-corrected chi connectivity index (χ0v) is 10.3. The first-order valence-corrected chi connectivity index (χ1v) is 5.62. The zero-order valence-electron chi connectivity index (χ0n) is 10.3. The summed E-state index contributed by atoms with van der Waals surface area (Å²) >= 11 is 0. The van der Waals surface area contributed by atoms with Gasteiger partial charge in [-0.05, 0) is 36.2 Å². The topological polar surface area (TPSA) is 79.3 Å². The van der Waals surface area contributed by atoms with Gasteiger partial charge < -0.3 is 10.4 Å². The molecule has 5 heteroatoms. The summed E-state index contributed by atoms with van der Waals surface area (Å²) in [6.45, 7) is 1.75. The molecule has 96 valence electrons. The number of hydrogen-bond acceptors (Lipinski definition) is 3. The van der Waals surface area contributed by atoms with E-state index in [0.29, 0.717) is 17.8 Å². The van der Waals surface area contributed by atoms with Gasteiger partial charge in [-0.3, -0.25) is 4.79 Å². The molecule has 0 saturated heterocycles. The minimum Gasteiger partial charge on any atom is -0.478 e. The lowest BCUT2D eigenvalue weighted by molar-refractivity contribution is -0.105. The van der Waals surface area contributed by atoms with Crippen LogP contribution < -0.4 is 5.32 Å². The molecule has 0 atom stereocenters. The van der Waals surface area contributed by atoms with Crippen LogP contribution in [0.2, 0.25) is 0 Å². The molecule has 0 bridgehead atoms. The summed E-state index contributed by atoms with van der Waals surface area (Å²) in [6.07, 6.45) is 2.19. The van der Waals surface area contributed by atoms with E-state index < -0.39 is 5.97 Å². The second-order valence-corrected chi connectivity index (χ2v) is 4.03. The van der Waals surface area contributed by atoms with Crippen LogP contribution in [0.1, 0.15) is 15.9 Å². The lowest BCUT2D eigenvalue weighted by Crippen LogP contribution is -1.99. The number of carbonyl (C=O) groups is 2. The van der Waals surface area contributed by atoms with Gasteiger partial charge in [0, 0.05) is 11.8 Å². The first kappa shape index (κ1) is 12.8. The van der Waals surface area contributed by atoms with E-state index in [1.54, 1.807) is 37.4 Å². The van der Waals surface area contributed by atoms with Crippen LogP contribution in [0, 0.1) is 6.92 Å². The molecule has 1 heterocycles. The highest BCUT2D eigenvalue weighted by molar-refractivity contribution is 5.90. The highest BCUT2D eigenvalue weighted by Gasteiger charge is 2.08. The number of hydrogen-bond donors (Lipinski definition) is 2. The van der Waals surface area contributed by atoms with Crippen LogP contribution in [-0.4, -0.2) is 22.5 Å². The number of nitrogens with zero attached hydrogens (tertiary/aromatic N) is 1. The summed E-state index contributed by atoms with van der Waals surface area (Å²) < 4.78 is 0. The van der Waals surface area contributed by atoms with Crippen molar-refractivity contribution >= 4 is 18.2 Å². The molecule has 5 nitrogen and oxygen atoms in total. The molecule has 0 spiro atoms. The molecule has 2 aromatic rings. The number of carboxylic acids is 1. The predicted molar refractivity (Wildman–Crippen MR) is 71.1 cm³/mol. The zero-order chi connectivity index (χ0) is 13.8. The van der Waals surface area contributed by atoms with E-state index in [4.69, 9.17) is 5.11 Å². The second-order valence-electron chi connectivity index (χ2n) is 4.03. The smallest absolute Gasteiger partial charge is 0.335 e. The number of aryl methyl sites for hydroxylation is 1. The summed E-state index contributed by atoms with van der Waals surface area (Å²) in [5.41, 5.74) is 2.72. The van der Waals surface area contributed by atoms with E-state index in [1.807, 2.05) is 6.07 Å². The third kappa shape index (κ3) is 2.77. The fraction of sp³-hybridized carbons (Fsp3) is 0.0714. The number of carbonyl (C=O) groups excluding carboxylic acids is 1. The van der Waals surface area contributed by atoms with Gasteiger partial charge in [-0.2, -0.15) is 0 Å². The van der Waals surface area contributed by atoms with Crippen LogP contribution in [0.25, 0.3) is 11.1 Å². The Morgan fingerprint density at radius 1 is 1.26 bits per heavy atom. The highest BCUT2D eigenvalue weighted by atomic mass is 16.4. The number of amides is 1. The minimum atomic E-state index is -0.937. The summed E-state index contributed by atoms with van der Waals surface area (Å²) in [4.78, 5) is 25.3. The fourth-order valence-electron chi connectivity index (χ4n) is 1.79. The number of carboxylic acid groups (broad SMARTS) is 1. The van der Waals surface area contributed by atoms with Gasteiger partial charge >= 0.3 is 5.97 Å². The Morgan fingerprint density at radius 3 is 2.53 bits per heavy atom. The summed E-state index contributed by atoms with van der Waals surface area (Å²) in [6, 6.07) is 8.61. The van der Waals surface area contributed by atoms with Gasteiger partial charge in [0.05, 0.1) is 5.56 Å². The maximum atomic E-state index is 10.9. The van der Waals surface area contributed by atoms with Crippen LogP contribution in [0.3, 0.4) is 0 Å². The Balaban J connectivity index is 2.34. The van der Waals surface area contributed by atoms with Gasteiger partial charge in [0.1, 0.15) is 5.82 Å². The summed E-state index contributed by atoms with van der Waals surface area (Å²) in [5, 5.41) is 11.4. The lowest BCUT2D eigenvalue weighted by atomic mass is 10.0. The van der Waals surface area contributed by atoms with E-state index >= 15 is 0 Å². The number of anilines is 1. The normalized spacial score (nSPS) is 9.95. The van der Waals surface area contributed by atoms with E-state index in [2.05, 4.69) is 10.3 Å². The van der Waals surface area contributed by atoms with Gasteiger partial charge in [-0.1, -0.05) is 12.1 Å². The Hall–Kier alpha value is -2.69. The van der Waals surface area contributed by atoms with Crippen molar-refractivity contribution in [3.63, 3.8) is 0 Å². The van der Waals surface area contributed by atoms with Crippen molar-refractivity contribution in [3.8, 4) is 11.1 Å². The summed E-state index contributed by atoms with van der Waals surface area (Å²) in [7, 11) is 0. The van der Waals surface area contributed by atoms with Crippen LogP contribution in [0.15, 0.2) is 36.5 Å². The van der Waals surface area contributed by atoms with Crippen molar-refractivity contribution in [2.75, 3.05) is 5.32 Å². The van der Waals surface area contributed by atoms with Crippen LogP contribution in [-0.2, 0) is 4.79 Å². The standard InChI is InChI=1S/C14H12N2O3/c1-9-6-10(2-4-12(9)14(18)19)11-3-5-13(15-7-11)16-8-17/h2-8H,1H3,(H,18,19)(H,15,16,17). The number of aromatic carboxylic acids is 1. The van der Waals surface area contributed by atoms with E-state index in [-0.39, 0.29) is 5.56 Å². The van der Waals surface area contributed by atoms with Crippen LogP contribution in [0.4, 0.5) is 5.82 Å². The number of rotatable bonds is 4. The van der Waals surface area contributed by atoms with Crippen molar-refractivity contribution < 1.29 is 14.7 Å². The SMILES string of the molecule is Cc1cc(-c2ccc(NC=O)nc2)ccc1C(=O)O. The second kappa shape index (κ2) is 5.30. The molecule has 2 N–H and O–H groups in total. The van der Waals surface area contributed by atoms with E-state index in [0.717, 1.165) is 11.1 Å². The largest absolute Gasteiger partial charge is 0.478 e.